The monoisotopic (exact) mass is 436 g/mol. The van der Waals surface area contributed by atoms with E-state index in [4.69, 9.17) is 4.74 Å². The van der Waals surface area contributed by atoms with E-state index in [1.54, 1.807) is 0 Å². The number of likely N-dealkylation sites (tertiary alicyclic amines) is 2. The Morgan fingerprint density at radius 2 is 1.66 bits per heavy atom. The molecule has 1 spiro atoms. The van der Waals surface area contributed by atoms with Crippen molar-refractivity contribution in [3.63, 3.8) is 0 Å². The van der Waals surface area contributed by atoms with Gasteiger partial charge in [0.25, 0.3) is 11.8 Å². The molecule has 3 aliphatic rings. The van der Waals surface area contributed by atoms with E-state index in [1.165, 1.54) is 5.56 Å². The maximum atomic E-state index is 13.0. The number of fused-ring (bicyclic) bond motifs is 1. The average Bonchev–Trinajstić information content (AvgIpc) is 3.44. The highest BCUT2D eigenvalue weighted by molar-refractivity contribution is 5.95. The standard InChI is InChI=1S/C25H32N4O3/c1-17-6-7-19(14-18(17)2)23(30)29-12-8-25(9-13-29)15-21-20(16-32-25)22(26-27(21)3)24(31)28-10-4-5-11-28/h6-7,14H,4-5,8-13,15-16H2,1-3H3. The second kappa shape index (κ2) is 8.03. The number of hydrogen-bond donors (Lipinski definition) is 0. The Morgan fingerprint density at radius 1 is 0.969 bits per heavy atom. The van der Waals surface area contributed by atoms with Crippen LogP contribution in [0, 0.1) is 13.8 Å². The van der Waals surface area contributed by atoms with Crippen molar-refractivity contribution in [2.75, 3.05) is 26.2 Å². The Balaban J connectivity index is 1.28. The van der Waals surface area contributed by atoms with E-state index in [2.05, 4.69) is 12.0 Å². The smallest absolute Gasteiger partial charge is 0.274 e. The van der Waals surface area contributed by atoms with Crippen molar-refractivity contribution < 1.29 is 14.3 Å². The molecule has 2 saturated heterocycles. The maximum absolute atomic E-state index is 13.0. The predicted octanol–water partition coefficient (Wildman–Crippen LogP) is 3.02. The Morgan fingerprint density at radius 3 is 2.34 bits per heavy atom. The van der Waals surface area contributed by atoms with Gasteiger partial charge in [0, 0.05) is 56.5 Å². The summed E-state index contributed by atoms with van der Waals surface area (Å²) in [6.45, 7) is 7.52. The van der Waals surface area contributed by atoms with Crippen LogP contribution in [0.1, 0.15) is 68.9 Å². The van der Waals surface area contributed by atoms with E-state index >= 15 is 0 Å². The van der Waals surface area contributed by atoms with Gasteiger partial charge < -0.3 is 14.5 Å². The fourth-order valence-electron chi connectivity index (χ4n) is 5.29. The molecule has 5 rings (SSSR count). The molecule has 32 heavy (non-hydrogen) atoms. The lowest BCUT2D eigenvalue weighted by Gasteiger charge is -2.44. The van der Waals surface area contributed by atoms with E-state index in [1.807, 2.05) is 46.7 Å². The van der Waals surface area contributed by atoms with Gasteiger partial charge in [-0.05, 0) is 62.8 Å². The van der Waals surface area contributed by atoms with Gasteiger partial charge in [-0.15, -0.1) is 0 Å². The second-order valence-electron chi connectivity index (χ2n) is 9.64. The zero-order valence-electron chi connectivity index (χ0n) is 19.3. The minimum absolute atomic E-state index is 0.0349. The molecule has 0 N–H and O–H groups in total. The van der Waals surface area contributed by atoms with E-state index in [-0.39, 0.29) is 17.4 Å². The summed E-state index contributed by atoms with van der Waals surface area (Å²) >= 11 is 0. The zero-order chi connectivity index (χ0) is 22.5. The molecule has 0 saturated carbocycles. The van der Waals surface area contributed by atoms with Crippen LogP contribution in [0.15, 0.2) is 18.2 Å². The molecule has 4 heterocycles. The van der Waals surface area contributed by atoms with Crippen molar-refractivity contribution in [2.24, 2.45) is 7.05 Å². The first-order chi connectivity index (χ1) is 15.4. The van der Waals surface area contributed by atoms with Gasteiger partial charge in [-0.3, -0.25) is 14.3 Å². The highest BCUT2D eigenvalue weighted by Gasteiger charge is 2.43. The molecule has 1 aromatic carbocycles. The molecule has 2 fully saturated rings. The first kappa shape index (κ1) is 21.2. The van der Waals surface area contributed by atoms with E-state index in [0.29, 0.717) is 25.4 Å². The summed E-state index contributed by atoms with van der Waals surface area (Å²) in [5.74, 6) is 0.131. The lowest BCUT2D eigenvalue weighted by molar-refractivity contribution is -0.0990. The number of rotatable bonds is 2. The Hall–Kier alpha value is -2.67. The summed E-state index contributed by atoms with van der Waals surface area (Å²) in [5.41, 5.74) is 5.42. The molecule has 2 aromatic rings. The molecule has 3 aliphatic heterocycles. The topological polar surface area (TPSA) is 67.7 Å². The van der Waals surface area contributed by atoms with Crippen molar-refractivity contribution in [1.82, 2.24) is 19.6 Å². The molecular weight excluding hydrogens is 404 g/mol. The third kappa shape index (κ3) is 3.62. The first-order valence-electron chi connectivity index (χ1n) is 11.7. The average molecular weight is 437 g/mol. The van der Waals surface area contributed by atoms with Crippen LogP contribution in [0.4, 0.5) is 0 Å². The molecule has 7 nitrogen and oxygen atoms in total. The molecule has 1 aromatic heterocycles. The molecule has 0 radical (unpaired) electrons. The number of amides is 2. The number of aryl methyl sites for hydroxylation is 3. The Labute approximate surface area is 189 Å². The summed E-state index contributed by atoms with van der Waals surface area (Å²) < 4.78 is 8.28. The molecule has 2 amide bonds. The third-order valence-corrected chi connectivity index (χ3v) is 7.60. The minimum Gasteiger partial charge on any atom is -0.370 e. The molecule has 0 aliphatic carbocycles. The number of nitrogens with zero attached hydrogens (tertiary/aromatic N) is 4. The van der Waals surface area contributed by atoms with Crippen molar-refractivity contribution >= 4 is 11.8 Å². The highest BCUT2D eigenvalue weighted by atomic mass is 16.5. The fraction of sp³-hybridized carbons (Fsp3) is 0.560. The van der Waals surface area contributed by atoms with Gasteiger partial charge in [0.15, 0.2) is 5.69 Å². The maximum Gasteiger partial charge on any atom is 0.274 e. The van der Waals surface area contributed by atoms with E-state index in [0.717, 1.165) is 67.6 Å². The van der Waals surface area contributed by atoms with Crippen molar-refractivity contribution in [3.05, 3.63) is 51.8 Å². The van der Waals surface area contributed by atoms with Gasteiger partial charge in [-0.2, -0.15) is 5.10 Å². The lowest BCUT2D eigenvalue weighted by Crippen LogP contribution is -2.50. The number of ether oxygens (including phenoxy) is 1. The van der Waals surface area contributed by atoms with Crippen LogP contribution in [0.25, 0.3) is 0 Å². The van der Waals surface area contributed by atoms with E-state index in [9.17, 15) is 9.59 Å². The van der Waals surface area contributed by atoms with Crippen LogP contribution in [-0.4, -0.2) is 63.2 Å². The predicted molar refractivity (Wildman–Crippen MR) is 121 cm³/mol. The summed E-state index contributed by atoms with van der Waals surface area (Å²) in [5, 5.41) is 4.59. The van der Waals surface area contributed by atoms with Gasteiger partial charge in [0.2, 0.25) is 0 Å². The first-order valence-corrected chi connectivity index (χ1v) is 11.7. The number of piperidine rings is 1. The minimum atomic E-state index is -0.283. The van der Waals surface area contributed by atoms with Crippen LogP contribution in [0.2, 0.25) is 0 Å². The molecule has 7 heteroatoms. The van der Waals surface area contributed by atoms with Crippen molar-refractivity contribution in [1.29, 1.82) is 0 Å². The number of carbonyl (C=O) groups is 2. The quantitative estimate of drug-likeness (QED) is 0.726. The van der Waals surface area contributed by atoms with Crippen LogP contribution in [0.5, 0.6) is 0 Å². The number of benzene rings is 1. The van der Waals surface area contributed by atoms with Gasteiger partial charge in [0.05, 0.1) is 12.2 Å². The Bertz CT molecular complexity index is 1060. The van der Waals surface area contributed by atoms with Gasteiger partial charge in [0.1, 0.15) is 0 Å². The van der Waals surface area contributed by atoms with Crippen LogP contribution in [0.3, 0.4) is 0 Å². The SMILES string of the molecule is Cc1ccc(C(=O)N2CCC3(CC2)Cc2c(c(C(=O)N4CCCC4)nn2C)CO3)cc1C. The van der Waals surface area contributed by atoms with Crippen molar-refractivity contribution in [2.45, 2.75) is 58.2 Å². The lowest BCUT2D eigenvalue weighted by atomic mass is 9.83. The molecular formula is C25H32N4O3. The molecule has 0 atom stereocenters. The zero-order valence-corrected chi connectivity index (χ0v) is 19.3. The number of carbonyl (C=O) groups excluding carboxylic acids is 2. The van der Waals surface area contributed by atoms with E-state index < -0.39 is 0 Å². The summed E-state index contributed by atoms with van der Waals surface area (Å²) in [6, 6.07) is 5.93. The largest absolute Gasteiger partial charge is 0.370 e. The fourth-order valence-corrected chi connectivity index (χ4v) is 5.29. The second-order valence-corrected chi connectivity index (χ2v) is 9.64. The van der Waals surface area contributed by atoms with Crippen LogP contribution < -0.4 is 0 Å². The number of hydrogen-bond acceptors (Lipinski definition) is 4. The summed E-state index contributed by atoms with van der Waals surface area (Å²) in [6.07, 6.45) is 4.47. The van der Waals surface area contributed by atoms with Crippen molar-refractivity contribution in [3.8, 4) is 0 Å². The van der Waals surface area contributed by atoms with Gasteiger partial charge in [-0.25, -0.2) is 0 Å². The normalized spacial score (nSPS) is 20.0. The summed E-state index contributed by atoms with van der Waals surface area (Å²) in [4.78, 5) is 29.8. The molecule has 0 unspecified atom stereocenters. The Kier molecular flexibility index (Phi) is 5.32. The summed E-state index contributed by atoms with van der Waals surface area (Å²) in [7, 11) is 1.93. The van der Waals surface area contributed by atoms with Crippen LogP contribution >= 0.6 is 0 Å². The molecule has 0 bridgehead atoms. The number of aromatic nitrogens is 2. The van der Waals surface area contributed by atoms with Crippen LogP contribution in [-0.2, 0) is 24.8 Å². The third-order valence-electron chi connectivity index (χ3n) is 7.60. The highest BCUT2D eigenvalue weighted by Crippen LogP contribution is 2.38. The van der Waals surface area contributed by atoms with Gasteiger partial charge >= 0.3 is 0 Å². The molecule has 170 valence electrons. The van der Waals surface area contributed by atoms with Gasteiger partial charge in [-0.1, -0.05) is 6.07 Å².